The molecular weight excluding hydrogens is 250 g/mol. The van der Waals surface area contributed by atoms with E-state index in [9.17, 15) is 0 Å². The van der Waals surface area contributed by atoms with Gasteiger partial charge in [0.15, 0.2) is 0 Å². The summed E-state index contributed by atoms with van der Waals surface area (Å²) >= 11 is 0. The molecule has 0 heterocycles. The second kappa shape index (κ2) is 7.56. The lowest BCUT2D eigenvalue weighted by atomic mass is 10.1. The largest absolute Gasteiger partial charge is 0.490 e. The van der Waals surface area contributed by atoms with Gasteiger partial charge in [-0.3, -0.25) is 0 Å². The van der Waals surface area contributed by atoms with E-state index < -0.39 is 0 Å². The lowest BCUT2D eigenvalue weighted by Crippen LogP contribution is -2.10. The fourth-order valence-electron chi connectivity index (χ4n) is 1.97. The van der Waals surface area contributed by atoms with E-state index in [2.05, 4.69) is 13.0 Å². The fourth-order valence-corrected chi connectivity index (χ4v) is 1.97. The number of hydrogen-bond acceptors (Lipinski definition) is 3. The topological polar surface area (TPSA) is 44.5 Å². The Kier molecular flexibility index (Phi) is 5.44. The number of ether oxygens (including phenoxy) is 2. The van der Waals surface area contributed by atoms with Crippen LogP contribution in [0.3, 0.4) is 0 Å². The minimum Gasteiger partial charge on any atom is -0.490 e. The normalized spacial score (nSPS) is 10.3. The van der Waals surface area contributed by atoms with Crippen molar-refractivity contribution in [1.82, 2.24) is 0 Å². The van der Waals surface area contributed by atoms with E-state index in [1.807, 2.05) is 42.5 Å². The van der Waals surface area contributed by atoms with Crippen LogP contribution in [0.25, 0.3) is 0 Å². The molecule has 0 radical (unpaired) electrons. The maximum atomic E-state index is 5.75. The molecule has 106 valence electrons. The number of benzene rings is 2. The molecule has 0 saturated carbocycles. The Hall–Kier alpha value is -2.00. The van der Waals surface area contributed by atoms with E-state index in [4.69, 9.17) is 15.2 Å². The molecule has 0 aliphatic carbocycles. The highest BCUT2D eigenvalue weighted by molar-refractivity contribution is 5.33. The highest BCUT2D eigenvalue weighted by atomic mass is 16.5. The van der Waals surface area contributed by atoms with Crippen molar-refractivity contribution < 1.29 is 9.47 Å². The maximum Gasteiger partial charge on any atom is 0.122 e. The van der Waals surface area contributed by atoms with Crippen molar-refractivity contribution in [3.05, 3.63) is 59.7 Å². The van der Waals surface area contributed by atoms with Crippen molar-refractivity contribution in [3.63, 3.8) is 0 Å². The number of hydrogen-bond donors (Lipinski definition) is 1. The molecule has 0 saturated heterocycles. The van der Waals surface area contributed by atoms with Crippen LogP contribution in [-0.4, -0.2) is 13.2 Å². The van der Waals surface area contributed by atoms with Crippen LogP contribution >= 0.6 is 0 Å². The first kappa shape index (κ1) is 14.4. The molecule has 0 aliphatic heterocycles. The molecule has 2 rings (SSSR count). The summed E-state index contributed by atoms with van der Waals surface area (Å²) in [6.07, 6.45) is 0.970. The van der Waals surface area contributed by atoms with E-state index in [0.29, 0.717) is 19.8 Å². The van der Waals surface area contributed by atoms with Crippen LogP contribution in [-0.2, 0) is 13.0 Å². The standard InChI is InChI=1S/C17H21NO2/c1-2-15-5-3-4-6-17(15)20-12-11-19-16-9-7-14(13-18)8-10-16/h3-10H,2,11-13,18H2,1H3. The predicted molar refractivity (Wildman–Crippen MR) is 81.1 cm³/mol. The third kappa shape index (κ3) is 4.00. The summed E-state index contributed by atoms with van der Waals surface area (Å²) in [6.45, 7) is 3.74. The van der Waals surface area contributed by atoms with Gasteiger partial charge in [-0.1, -0.05) is 37.3 Å². The third-order valence-electron chi connectivity index (χ3n) is 3.12. The molecule has 0 fully saturated rings. The van der Waals surface area contributed by atoms with E-state index in [1.54, 1.807) is 0 Å². The molecule has 0 aromatic heterocycles. The monoisotopic (exact) mass is 271 g/mol. The Labute approximate surface area is 120 Å². The number of rotatable bonds is 7. The van der Waals surface area contributed by atoms with Crippen LogP contribution in [0.15, 0.2) is 48.5 Å². The summed E-state index contributed by atoms with van der Waals surface area (Å²) in [7, 11) is 0. The highest BCUT2D eigenvalue weighted by Crippen LogP contribution is 2.18. The van der Waals surface area contributed by atoms with E-state index in [1.165, 1.54) is 5.56 Å². The van der Waals surface area contributed by atoms with Crippen molar-refractivity contribution >= 4 is 0 Å². The molecule has 0 amide bonds. The van der Waals surface area contributed by atoms with Gasteiger partial charge in [-0.05, 0) is 35.7 Å². The summed E-state index contributed by atoms with van der Waals surface area (Å²) < 4.78 is 11.4. The molecule has 2 N–H and O–H groups in total. The van der Waals surface area contributed by atoms with Crippen molar-refractivity contribution in [3.8, 4) is 11.5 Å². The Balaban J connectivity index is 1.78. The van der Waals surface area contributed by atoms with Crippen molar-refractivity contribution in [2.75, 3.05) is 13.2 Å². The zero-order valence-corrected chi connectivity index (χ0v) is 11.8. The van der Waals surface area contributed by atoms with Gasteiger partial charge in [0.2, 0.25) is 0 Å². The van der Waals surface area contributed by atoms with Gasteiger partial charge >= 0.3 is 0 Å². The fraction of sp³-hybridized carbons (Fsp3) is 0.294. The Morgan fingerprint density at radius 3 is 2.30 bits per heavy atom. The van der Waals surface area contributed by atoms with Crippen LogP contribution in [0.1, 0.15) is 18.1 Å². The van der Waals surface area contributed by atoms with Crippen LogP contribution in [0, 0.1) is 0 Å². The van der Waals surface area contributed by atoms with E-state index in [0.717, 1.165) is 23.5 Å². The molecule has 3 heteroatoms. The summed E-state index contributed by atoms with van der Waals surface area (Å²) in [5.74, 6) is 1.78. The molecule has 0 unspecified atom stereocenters. The highest BCUT2D eigenvalue weighted by Gasteiger charge is 2.00. The molecule has 3 nitrogen and oxygen atoms in total. The van der Waals surface area contributed by atoms with E-state index in [-0.39, 0.29) is 0 Å². The average Bonchev–Trinajstić information content (AvgIpc) is 2.52. The van der Waals surface area contributed by atoms with Gasteiger partial charge in [0.05, 0.1) is 0 Å². The summed E-state index contributed by atoms with van der Waals surface area (Å²) in [5, 5.41) is 0. The molecule has 0 bridgehead atoms. The van der Waals surface area contributed by atoms with Crippen molar-refractivity contribution in [2.24, 2.45) is 5.73 Å². The van der Waals surface area contributed by atoms with Crippen LogP contribution < -0.4 is 15.2 Å². The molecule has 0 aliphatic rings. The lowest BCUT2D eigenvalue weighted by Gasteiger charge is -2.11. The maximum absolute atomic E-state index is 5.75. The van der Waals surface area contributed by atoms with Crippen LogP contribution in [0.5, 0.6) is 11.5 Å². The minimum absolute atomic E-state index is 0.528. The molecule has 2 aromatic rings. The molecule has 0 spiro atoms. The molecule has 2 aromatic carbocycles. The average molecular weight is 271 g/mol. The number of nitrogens with two attached hydrogens (primary N) is 1. The molecular formula is C17H21NO2. The summed E-state index contributed by atoms with van der Waals surface area (Å²) in [6, 6.07) is 15.9. The summed E-state index contributed by atoms with van der Waals surface area (Å²) in [4.78, 5) is 0. The van der Waals surface area contributed by atoms with Gasteiger partial charge in [0, 0.05) is 6.54 Å². The van der Waals surface area contributed by atoms with Crippen LogP contribution in [0.2, 0.25) is 0 Å². The van der Waals surface area contributed by atoms with Gasteiger partial charge in [-0.25, -0.2) is 0 Å². The predicted octanol–water partition coefficient (Wildman–Crippen LogP) is 3.17. The third-order valence-corrected chi connectivity index (χ3v) is 3.12. The zero-order valence-electron chi connectivity index (χ0n) is 11.8. The SMILES string of the molecule is CCc1ccccc1OCCOc1ccc(CN)cc1. The summed E-state index contributed by atoms with van der Waals surface area (Å²) in [5.41, 5.74) is 7.88. The zero-order chi connectivity index (χ0) is 14.2. The first-order chi connectivity index (χ1) is 9.83. The Bertz CT molecular complexity index is 523. The minimum atomic E-state index is 0.528. The number of para-hydroxylation sites is 1. The van der Waals surface area contributed by atoms with Crippen molar-refractivity contribution in [1.29, 1.82) is 0 Å². The second-order valence-electron chi connectivity index (χ2n) is 4.51. The van der Waals surface area contributed by atoms with E-state index >= 15 is 0 Å². The second-order valence-corrected chi connectivity index (χ2v) is 4.51. The van der Waals surface area contributed by atoms with Crippen molar-refractivity contribution in [2.45, 2.75) is 19.9 Å². The first-order valence-electron chi connectivity index (χ1n) is 6.96. The molecule has 0 atom stereocenters. The Morgan fingerprint density at radius 2 is 1.60 bits per heavy atom. The molecule has 20 heavy (non-hydrogen) atoms. The Morgan fingerprint density at radius 1 is 0.900 bits per heavy atom. The lowest BCUT2D eigenvalue weighted by molar-refractivity contribution is 0.216. The number of aryl methyl sites for hydroxylation is 1. The quantitative estimate of drug-likeness (QED) is 0.787. The van der Waals surface area contributed by atoms with Gasteiger partial charge in [-0.2, -0.15) is 0 Å². The smallest absolute Gasteiger partial charge is 0.122 e. The van der Waals surface area contributed by atoms with Gasteiger partial charge in [0.1, 0.15) is 24.7 Å². The van der Waals surface area contributed by atoms with Gasteiger partial charge < -0.3 is 15.2 Å². The van der Waals surface area contributed by atoms with Gasteiger partial charge in [-0.15, -0.1) is 0 Å². The first-order valence-corrected chi connectivity index (χ1v) is 6.96. The van der Waals surface area contributed by atoms with Gasteiger partial charge in [0.25, 0.3) is 0 Å². The van der Waals surface area contributed by atoms with Crippen LogP contribution in [0.4, 0.5) is 0 Å².